The van der Waals surface area contributed by atoms with Crippen LogP contribution < -0.4 is 14.2 Å². The highest BCUT2D eigenvalue weighted by Crippen LogP contribution is 2.50. The third kappa shape index (κ3) is 2.01. The molecule has 1 aromatic carbocycles. The van der Waals surface area contributed by atoms with Crippen LogP contribution in [0.3, 0.4) is 0 Å². The fourth-order valence-corrected chi connectivity index (χ4v) is 2.02. The van der Waals surface area contributed by atoms with E-state index < -0.39 is 0 Å². The Kier molecular flexibility index (Phi) is 3.10. The van der Waals surface area contributed by atoms with Crippen LogP contribution in [0.4, 0.5) is 0 Å². The highest BCUT2D eigenvalue weighted by Gasteiger charge is 2.39. The molecule has 0 spiro atoms. The van der Waals surface area contributed by atoms with E-state index in [0.29, 0.717) is 23.2 Å². The van der Waals surface area contributed by atoms with Gasteiger partial charge in [0.15, 0.2) is 11.5 Å². The van der Waals surface area contributed by atoms with Gasteiger partial charge in [0.2, 0.25) is 5.75 Å². The van der Waals surface area contributed by atoms with E-state index >= 15 is 0 Å². The number of ether oxygens (including phenoxy) is 3. The molecule has 1 aliphatic carbocycles. The first-order valence-corrected chi connectivity index (χ1v) is 5.44. The molecule has 0 N–H and O–H groups in total. The molecule has 0 aromatic heterocycles. The third-order valence-electron chi connectivity index (χ3n) is 3.07. The van der Waals surface area contributed by atoms with E-state index in [2.05, 4.69) is 6.07 Å². The molecule has 90 valence electrons. The Hall–Kier alpha value is -1.89. The number of benzene rings is 1. The fourth-order valence-electron chi connectivity index (χ4n) is 2.02. The summed E-state index contributed by atoms with van der Waals surface area (Å²) in [7, 11) is 4.76. The van der Waals surface area contributed by atoms with Crippen LogP contribution in [0.15, 0.2) is 12.1 Å². The molecular formula is C13H15NO3. The van der Waals surface area contributed by atoms with Crippen LogP contribution >= 0.6 is 0 Å². The highest BCUT2D eigenvalue weighted by molar-refractivity contribution is 5.55. The van der Waals surface area contributed by atoms with Crippen molar-refractivity contribution in [1.82, 2.24) is 0 Å². The van der Waals surface area contributed by atoms with Gasteiger partial charge in [-0.15, -0.1) is 0 Å². The SMILES string of the molecule is COc1cc(C2CC2C#N)cc(OC)c1OC. The second kappa shape index (κ2) is 4.54. The molecule has 0 saturated heterocycles. The Balaban J connectivity index is 2.40. The molecule has 0 amide bonds. The lowest BCUT2D eigenvalue weighted by Gasteiger charge is -2.13. The number of nitrogens with zero attached hydrogens (tertiary/aromatic N) is 1. The van der Waals surface area contributed by atoms with Crippen LogP contribution in [-0.4, -0.2) is 21.3 Å². The van der Waals surface area contributed by atoms with Crippen LogP contribution in [0.2, 0.25) is 0 Å². The first-order valence-electron chi connectivity index (χ1n) is 5.44. The van der Waals surface area contributed by atoms with Gasteiger partial charge >= 0.3 is 0 Å². The van der Waals surface area contributed by atoms with E-state index in [1.165, 1.54) is 0 Å². The normalized spacial score (nSPS) is 21.5. The van der Waals surface area contributed by atoms with Crippen molar-refractivity contribution in [3.63, 3.8) is 0 Å². The number of methoxy groups -OCH3 is 3. The smallest absolute Gasteiger partial charge is 0.203 e. The highest BCUT2D eigenvalue weighted by atomic mass is 16.5. The lowest BCUT2D eigenvalue weighted by molar-refractivity contribution is 0.324. The van der Waals surface area contributed by atoms with Crippen molar-refractivity contribution < 1.29 is 14.2 Å². The van der Waals surface area contributed by atoms with E-state index in [9.17, 15) is 0 Å². The zero-order valence-electron chi connectivity index (χ0n) is 10.2. The van der Waals surface area contributed by atoms with Gasteiger partial charge in [-0.2, -0.15) is 5.26 Å². The summed E-state index contributed by atoms with van der Waals surface area (Å²) in [6.07, 6.45) is 0.912. The molecule has 2 atom stereocenters. The summed E-state index contributed by atoms with van der Waals surface area (Å²) in [6, 6.07) is 6.12. The zero-order chi connectivity index (χ0) is 12.4. The minimum absolute atomic E-state index is 0.123. The number of hydrogen-bond donors (Lipinski definition) is 0. The molecular weight excluding hydrogens is 218 g/mol. The van der Waals surface area contributed by atoms with Crippen LogP contribution in [-0.2, 0) is 0 Å². The van der Waals surface area contributed by atoms with Crippen molar-refractivity contribution in [2.24, 2.45) is 5.92 Å². The quantitative estimate of drug-likeness (QED) is 0.801. The summed E-state index contributed by atoms with van der Waals surface area (Å²) >= 11 is 0. The van der Waals surface area contributed by atoms with Gasteiger partial charge in [0, 0.05) is 5.92 Å². The van der Waals surface area contributed by atoms with Gasteiger partial charge in [-0.05, 0) is 24.1 Å². The van der Waals surface area contributed by atoms with Crippen molar-refractivity contribution in [3.05, 3.63) is 17.7 Å². The first-order chi connectivity index (χ1) is 8.24. The van der Waals surface area contributed by atoms with Crippen molar-refractivity contribution in [2.75, 3.05) is 21.3 Å². The van der Waals surface area contributed by atoms with Gasteiger partial charge in [-0.1, -0.05) is 0 Å². The number of rotatable bonds is 4. The summed E-state index contributed by atoms with van der Waals surface area (Å²) in [5, 5.41) is 8.85. The Morgan fingerprint density at radius 3 is 2.06 bits per heavy atom. The average molecular weight is 233 g/mol. The van der Waals surface area contributed by atoms with Crippen LogP contribution in [0.25, 0.3) is 0 Å². The maximum Gasteiger partial charge on any atom is 0.203 e. The fraction of sp³-hybridized carbons (Fsp3) is 0.462. The molecule has 1 saturated carbocycles. The summed E-state index contributed by atoms with van der Waals surface area (Å²) in [4.78, 5) is 0. The molecule has 4 heteroatoms. The number of hydrogen-bond acceptors (Lipinski definition) is 4. The van der Waals surface area contributed by atoms with Gasteiger partial charge in [0.05, 0.1) is 33.3 Å². The Labute approximate surface area is 101 Å². The lowest BCUT2D eigenvalue weighted by Crippen LogP contribution is -1.96. The predicted molar refractivity (Wildman–Crippen MR) is 62.6 cm³/mol. The molecule has 1 aliphatic rings. The third-order valence-corrected chi connectivity index (χ3v) is 3.07. The van der Waals surface area contributed by atoms with Crippen molar-refractivity contribution in [3.8, 4) is 23.3 Å². The second-order valence-corrected chi connectivity index (χ2v) is 4.04. The second-order valence-electron chi connectivity index (χ2n) is 4.04. The summed E-state index contributed by atoms with van der Waals surface area (Å²) in [5.74, 6) is 2.30. The monoisotopic (exact) mass is 233 g/mol. The molecule has 0 aliphatic heterocycles. The van der Waals surface area contributed by atoms with Crippen LogP contribution in [0.1, 0.15) is 17.9 Å². The Bertz CT molecular complexity index is 439. The van der Waals surface area contributed by atoms with Gasteiger partial charge in [-0.25, -0.2) is 0 Å². The van der Waals surface area contributed by atoms with Gasteiger partial charge < -0.3 is 14.2 Å². The van der Waals surface area contributed by atoms with E-state index in [1.54, 1.807) is 21.3 Å². The molecule has 17 heavy (non-hydrogen) atoms. The summed E-state index contributed by atoms with van der Waals surface area (Å²) in [5.41, 5.74) is 1.08. The minimum Gasteiger partial charge on any atom is -0.493 e. The molecule has 0 heterocycles. The molecule has 2 rings (SSSR count). The van der Waals surface area contributed by atoms with Gasteiger partial charge in [0.25, 0.3) is 0 Å². The topological polar surface area (TPSA) is 51.5 Å². The number of nitriles is 1. The Morgan fingerprint density at radius 2 is 1.71 bits per heavy atom. The van der Waals surface area contributed by atoms with Crippen molar-refractivity contribution in [1.29, 1.82) is 5.26 Å². The standard InChI is InChI=1S/C13H15NO3/c1-15-11-5-8(10-4-9(10)7-14)6-12(16-2)13(11)17-3/h5-6,9-10H,4H2,1-3H3. The predicted octanol–water partition coefficient (Wildman–Crippen LogP) is 2.34. The van der Waals surface area contributed by atoms with Crippen LogP contribution in [0, 0.1) is 17.2 Å². The van der Waals surface area contributed by atoms with E-state index in [4.69, 9.17) is 19.5 Å². The summed E-state index contributed by atoms with van der Waals surface area (Å²) < 4.78 is 15.8. The van der Waals surface area contributed by atoms with Crippen molar-refractivity contribution in [2.45, 2.75) is 12.3 Å². The maximum atomic E-state index is 8.85. The average Bonchev–Trinajstić information content (AvgIpc) is 3.16. The van der Waals surface area contributed by atoms with Gasteiger partial charge in [-0.3, -0.25) is 0 Å². The van der Waals surface area contributed by atoms with E-state index in [0.717, 1.165) is 12.0 Å². The molecule has 0 radical (unpaired) electrons. The largest absolute Gasteiger partial charge is 0.493 e. The summed E-state index contributed by atoms with van der Waals surface area (Å²) in [6.45, 7) is 0. The zero-order valence-corrected chi connectivity index (χ0v) is 10.2. The molecule has 0 bridgehead atoms. The Morgan fingerprint density at radius 1 is 1.12 bits per heavy atom. The van der Waals surface area contributed by atoms with Crippen LogP contribution in [0.5, 0.6) is 17.2 Å². The molecule has 2 unspecified atom stereocenters. The maximum absolute atomic E-state index is 8.85. The van der Waals surface area contributed by atoms with E-state index in [-0.39, 0.29) is 5.92 Å². The lowest BCUT2D eigenvalue weighted by atomic mass is 10.1. The van der Waals surface area contributed by atoms with Gasteiger partial charge in [0.1, 0.15) is 0 Å². The van der Waals surface area contributed by atoms with E-state index in [1.807, 2.05) is 12.1 Å². The molecule has 4 nitrogen and oxygen atoms in total. The molecule has 1 fully saturated rings. The molecule has 1 aromatic rings. The van der Waals surface area contributed by atoms with Crippen molar-refractivity contribution >= 4 is 0 Å². The first kappa shape index (κ1) is 11.6. The minimum atomic E-state index is 0.123.